The highest BCUT2D eigenvalue weighted by Gasteiger charge is 2.05. The van der Waals surface area contributed by atoms with Crippen LogP contribution in [0.1, 0.15) is 30.9 Å². The van der Waals surface area contributed by atoms with Gasteiger partial charge in [-0.1, -0.05) is 37.1 Å². The third-order valence-electron chi connectivity index (χ3n) is 2.35. The van der Waals surface area contributed by atoms with Crippen molar-refractivity contribution in [2.75, 3.05) is 0 Å². The standard InChI is InChI=1S/C13H15ClO2/c1-3-4-10(8-13(15)16)11-5-6-12(14)9(2)7-11/h5-8H,3-4H2,1-2H3,(H,15,16)/b10-8+. The molecule has 1 aromatic rings. The fraction of sp³-hybridized carbons (Fsp3) is 0.308. The average molecular weight is 239 g/mol. The summed E-state index contributed by atoms with van der Waals surface area (Å²) in [5.74, 6) is -0.906. The highest BCUT2D eigenvalue weighted by atomic mass is 35.5. The molecule has 0 aliphatic heterocycles. The van der Waals surface area contributed by atoms with Gasteiger partial charge >= 0.3 is 5.97 Å². The SMILES string of the molecule is CCC/C(=C\C(=O)O)c1ccc(Cl)c(C)c1. The molecule has 0 aliphatic carbocycles. The Kier molecular flexibility index (Phi) is 4.56. The molecule has 1 N–H and O–H groups in total. The largest absolute Gasteiger partial charge is 0.478 e. The summed E-state index contributed by atoms with van der Waals surface area (Å²) in [5, 5.41) is 9.50. The van der Waals surface area contributed by atoms with Crippen LogP contribution < -0.4 is 0 Å². The number of halogens is 1. The van der Waals surface area contributed by atoms with Gasteiger partial charge in [0.2, 0.25) is 0 Å². The predicted molar refractivity (Wildman–Crippen MR) is 66.7 cm³/mol. The maximum Gasteiger partial charge on any atom is 0.328 e. The molecule has 0 amide bonds. The molecule has 0 spiro atoms. The maximum absolute atomic E-state index is 10.7. The number of allylic oxidation sites excluding steroid dienone is 1. The lowest BCUT2D eigenvalue weighted by Crippen LogP contribution is -1.93. The lowest BCUT2D eigenvalue weighted by Gasteiger charge is -2.07. The van der Waals surface area contributed by atoms with Crippen molar-refractivity contribution in [2.45, 2.75) is 26.7 Å². The Hall–Kier alpha value is -1.28. The molecule has 0 aliphatic rings. The Morgan fingerprint density at radius 3 is 2.69 bits per heavy atom. The second kappa shape index (κ2) is 5.71. The summed E-state index contributed by atoms with van der Waals surface area (Å²) < 4.78 is 0. The second-order valence-corrected chi connectivity index (χ2v) is 4.13. The molecule has 86 valence electrons. The van der Waals surface area contributed by atoms with Crippen molar-refractivity contribution in [3.05, 3.63) is 40.4 Å². The van der Waals surface area contributed by atoms with Crippen LogP contribution in [0.15, 0.2) is 24.3 Å². The fourth-order valence-corrected chi connectivity index (χ4v) is 1.68. The van der Waals surface area contributed by atoms with Crippen LogP contribution >= 0.6 is 11.6 Å². The quantitative estimate of drug-likeness (QED) is 0.808. The van der Waals surface area contributed by atoms with Crippen molar-refractivity contribution < 1.29 is 9.90 Å². The summed E-state index contributed by atoms with van der Waals surface area (Å²) in [6.07, 6.45) is 2.94. The molecular formula is C13H15ClO2. The van der Waals surface area contributed by atoms with E-state index in [-0.39, 0.29) is 0 Å². The van der Waals surface area contributed by atoms with E-state index in [1.807, 2.05) is 26.0 Å². The van der Waals surface area contributed by atoms with E-state index < -0.39 is 5.97 Å². The first-order chi connectivity index (χ1) is 7.54. The van der Waals surface area contributed by atoms with E-state index in [1.165, 1.54) is 6.08 Å². The molecule has 0 saturated heterocycles. The zero-order valence-electron chi connectivity index (χ0n) is 9.46. The Bertz CT molecular complexity index is 422. The van der Waals surface area contributed by atoms with Gasteiger partial charge in [0.1, 0.15) is 0 Å². The summed E-state index contributed by atoms with van der Waals surface area (Å²) in [4.78, 5) is 10.7. The van der Waals surface area contributed by atoms with Gasteiger partial charge in [-0.2, -0.15) is 0 Å². The molecule has 0 bridgehead atoms. The van der Waals surface area contributed by atoms with E-state index >= 15 is 0 Å². The van der Waals surface area contributed by atoms with Crippen molar-refractivity contribution in [1.29, 1.82) is 0 Å². The first kappa shape index (κ1) is 12.8. The average Bonchev–Trinajstić information content (AvgIpc) is 2.21. The number of benzene rings is 1. The monoisotopic (exact) mass is 238 g/mol. The van der Waals surface area contributed by atoms with Gasteiger partial charge in [-0.05, 0) is 36.1 Å². The number of carbonyl (C=O) groups is 1. The number of aryl methyl sites for hydroxylation is 1. The van der Waals surface area contributed by atoms with Gasteiger partial charge < -0.3 is 5.11 Å². The molecule has 3 heteroatoms. The molecule has 0 saturated carbocycles. The van der Waals surface area contributed by atoms with E-state index in [9.17, 15) is 4.79 Å². The number of aliphatic carboxylic acids is 1. The van der Waals surface area contributed by atoms with E-state index in [2.05, 4.69) is 0 Å². The predicted octanol–water partition coefficient (Wildman–Crippen LogP) is 3.92. The van der Waals surface area contributed by atoms with E-state index in [1.54, 1.807) is 6.07 Å². The molecule has 0 fully saturated rings. The number of hydrogen-bond acceptors (Lipinski definition) is 1. The van der Waals surface area contributed by atoms with Gasteiger partial charge in [0, 0.05) is 11.1 Å². The molecule has 1 rings (SSSR count). The van der Waals surface area contributed by atoms with Gasteiger partial charge in [-0.3, -0.25) is 0 Å². The molecule has 0 radical (unpaired) electrons. The highest BCUT2D eigenvalue weighted by Crippen LogP contribution is 2.24. The first-order valence-corrected chi connectivity index (χ1v) is 5.62. The van der Waals surface area contributed by atoms with E-state index in [0.717, 1.165) is 29.5 Å². The third kappa shape index (κ3) is 3.38. The van der Waals surface area contributed by atoms with Gasteiger partial charge in [0.05, 0.1) is 0 Å². The summed E-state index contributed by atoms with van der Waals surface area (Å²) in [6, 6.07) is 5.59. The minimum absolute atomic E-state index is 0.704. The zero-order valence-corrected chi connectivity index (χ0v) is 10.2. The molecule has 0 heterocycles. The van der Waals surface area contributed by atoms with Crippen LogP contribution in [0, 0.1) is 6.92 Å². The van der Waals surface area contributed by atoms with Crippen LogP contribution in [0.4, 0.5) is 0 Å². The van der Waals surface area contributed by atoms with Crippen LogP contribution in [0.3, 0.4) is 0 Å². The van der Waals surface area contributed by atoms with Crippen LogP contribution in [-0.4, -0.2) is 11.1 Å². The summed E-state index contributed by atoms with van der Waals surface area (Å²) in [5.41, 5.74) is 2.74. The molecular weight excluding hydrogens is 224 g/mol. The van der Waals surface area contributed by atoms with Crippen LogP contribution in [0.25, 0.3) is 5.57 Å². The topological polar surface area (TPSA) is 37.3 Å². The maximum atomic E-state index is 10.7. The van der Waals surface area contributed by atoms with Crippen LogP contribution in [0.5, 0.6) is 0 Å². The number of hydrogen-bond donors (Lipinski definition) is 1. The van der Waals surface area contributed by atoms with Gasteiger partial charge in [0.15, 0.2) is 0 Å². The minimum Gasteiger partial charge on any atom is -0.478 e. The molecule has 2 nitrogen and oxygen atoms in total. The lowest BCUT2D eigenvalue weighted by molar-refractivity contribution is -0.131. The molecule has 0 unspecified atom stereocenters. The third-order valence-corrected chi connectivity index (χ3v) is 2.77. The minimum atomic E-state index is -0.906. The normalized spacial score (nSPS) is 11.6. The smallest absolute Gasteiger partial charge is 0.328 e. The Balaban J connectivity index is 3.11. The lowest BCUT2D eigenvalue weighted by atomic mass is 9.99. The van der Waals surface area contributed by atoms with Crippen molar-refractivity contribution >= 4 is 23.1 Å². The van der Waals surface area contributed by atoms with E-state index in [0.29, 0.717) is 5.02 Å². The Morgan fingerprint density at radius 1 is 1.50 bits per heavy atom. The number of rotatable bonds is 4. The fourth-order valence-electron chi connectivity index (χ4n) is 1.56. The van der Waals surface area contributed by atoms with Crippen molar-refractivity contribution in [3.8, 4) is 0 Å². The zero-order chi connectivity index (χ0) is 12.1. The molecule has 0 aromatic heterocycles. The first-order valence-electron chi connectivity index (χ1n) is 5.24. The van der Waals surface area contributed by atoms with E-state index in [4.69, 9.17) is 16.7 Å². The molecule has 0 atom stereocenters. The van der Waals surface area contributed by atoms with Gasteiger partial charge in [0.25, 0.3) is 0 Å². The Morgan fingerprint density at radius 2 is 2.19 bits per heavy atom. The summed E-state index contributed by atoms with van der Waals surface area (Å²) >= 11 is 5.93. The van der Waals surface area contributed by atoms with Crippen LogP contribution in [-0.2, 0) is 4.79 Å². The molecule has 16 heavy (non-hydrogen) atoms. The highest BCUT2D eigenvalue weighted by molar-refractivity contribution is 6.31. The van der Waals surface area contributed by atoms with Crippen LogP contribution in [0.2, 0.25) is 5.02 Å². The number of carboxylic acids is 1. The summed E-state index contributed by atoms with van der Waals surface area (Å²) in [7, 11) is 0. The van der Waals surface area contributed by atoms with Gasteiger partial charge in [-0.15, -0.1) is 0 Å². The molecule has 1 aromatic carbocycles. The Labute approximate surface area is 101 Å². The number of carboxylic acid groups (broad SMARTS) is 1. The second-order valence-electron chi connectivity index (χ2n) is 3.72. The summed E-state index contributed by atoms with van der Waals surface area (Å²) in [6.45, 7) is 3.94. The van der Waals surface area contributed by atoms with Gasteiger partial charge in [-0.25, -0.2) is 4.79 Å². The van der Waals surface area contributed by atoms with Crippen molar-refractivity contribution in [2.24, 2.45) is 0 Å². The van der Waals surface area contributed by atoms with Crippen molar-refractivity contribution in [3.63, 3.8) is 0 Å². The van der Waals surface area contributed by atoms with Crippen molar-refractivity contribution in [1.82, 2.24) is 0 Å².